The van der Waals surface area contributed by atoms with E-state index in [1.807, 2.05) is 24.3 Å². The average Bonchev–Trinajstić information content (AvgIpc) is 2.45. The lowest BCUT2D eigenvalue weighted by molar-refractivity contribution is 0.306. The Bertz CT molecular complexity index is 535. The van der Waals surface area contributed by atoms with E-state index in [-0.39, 0.29) is 5.41 Å². The largest absolute Gasteiger partial charge is 0.489 e. The summed E-state index contributed by atoms with van der Waals surface area (Å²) in [5.41, 5.74) is 9.37. The standard InChI is InChI=1S/C18H23NO/c1-18(2,3)16-8-10-17(11-9-16)20-13-15-6-4-14(12-19)5-7-15/h4-11H,12-13,19H2,1-3H3. The molecule has 0 heterocycles. The topological polar surface area (TPSA) is 35.2 Å². The summed E-state index contributed by atoms with van der Waals surface area (Å²) in [7, 11) is 0. The Morgan fingerprint density at radius 3 is 1.90 bits per heavy atom. The van der Waals surface area contributed by atoms with Crippen molar-refractivity contribution < 1.29 is 4.74 Å². The first-order valence-corrected chi connectivity index (χ1v) is 7.00. The van der Waals surface area contributed by atoms with Crippen molar-refractivity contribution in [3.8, 4) is 5.75 Å². The molecule has 2 N–H and O–H groups in total. The molecule has 2 heteroatoms. The van der Waals surface area contributed by atoms with E-state index in [2.05, 4.69) is 45.0 Å². The van der Waals surface area contributed by atoms with Crippen LogP contribution in [0.1, 0.15) is 37.5 Å². The number of hydrogen-bond acceptors (Lipinski definition) is 2. The second-order valence-electron chi connectivity index (χ2n) is 6.08. The molecular weight excluding hydrogens is 246 g/mol. The maximum absolute atomic E-state index is 5.80. The molecule has 0 unspecified atom stereocenters. The lowest BCUT2D eigenvalue weighted by atomic mass is 9.87. The summed E-state index contributed by atoms with van der Waals surface area (Å²) >= 11 is 0. The van der Waals surface area contributed by atoms with E-state index in [9.17, 15) is 0 Å². The van der Waals surface area contributed by atoms with Gasteiger partial charge >= 0.3 is 0 Å². The van der Waals surface area contributed by atoms with Crippen molar-refractivity contribution in [2.75, 3.05) is 0 Å². The molecule has 20 heavy (non-hydrogen) atoms. The minimum atomic E-state index is 0.177. The molecule has 0 amide bonds. The summed E-state index contributed by atoms with van der Waals surface area (Å²) in [5, 5.41) is 0. The van der Waals surface area contributed by atoms with Crippen LogP contribution in [0, 0.1) is 0 Å². The highest BCUT2D eigenvalue weighted by molar-refractivity contribution is 5.31. The smallest absolute Gasteiger partial charge is 0.119 e. The number of hydrogen-bond donors (Lipinski definition) is 1. The van der Waals surface area contributed by atoms with Crippen LogP contribution in [0.5, 0.6) is 5.75 Å². The number of benzene rings is 2. The van der Waals surface area contributed by atoms with Crippen molar-refractivity contribution in [2.24, 2.45) is 5.73 Å². The molecule has 0 saturated carbocycles. The maximum atomic E-state index is 5.80. The first-order chi connectivity index (χ1) is 9.49. The lowest BCUT2D eigenvalue weighted by Crippen LogP contribution is -2.10. The van der Waals surface area contributed by atoms with Gasteiger partial charge in [-0.05, 0) is 34.2 Å². The summed E-state index contributed by atoms with van der Waals surface area (Å²) in [5.74, 6) is 0.904. The van der Waals surface area contributed by atoms with Gasteiger partial charge in [-0.2, -0.15) is 0 Å². The van der Waals surface area contributed by atoms with Crippen molar-refractivity contribution in [1.29, 1.82) is 0 Å². The highest BCUT2D eigenvalue weighted by Gasteiger charge is 2.12. The van der Waals surface area contributed by atoms with Crippen molar-refractivity contribution >= 4 is 0 Å². The predicted octanol–water partition coefficient (Wildman–Crippen LogP) is 4.02. The Hall–Kier alpha value is -1.80. The minimum Gasteiger partial charge on any atom is -0.489 e. The molecule has 0 aliphatic rings. The molecule has 0 spiro atoms. The molecule has 106 valence electrons. The summed E-state index contributed by atoms with van der Waals surface area (Å²) in [4.78, 5) is 0. The van der Waals surface area contributed by atoms with Crippen molar-refractivity contribution in [3.05, 3.63) is 65.2 Å². The van der Waals surface area contributed by atoms with E-state index in [0.29, 0.717) is 13.2 Å². The summed E-state index contributed by atoms with van der Waals surface area (Å²) < 4.78 is 5.80. The Morgan fingerprint density at radius 2 is 1.40 bits per heavy atom. The second-order valence-corrected chi connectivity index (χ2v) is 6.08. The highest BCUT2D eigenvalue weighted by Crippen LogP contribution is 2.24. The van der Waals surface area contributed by atoms with E-state index in [1.54, 1.807) is 0 Å². The quantitative estimate of drug-likeness (QED) is 0.909. The fraction of sp³-hybridized carbons (Fsp3) is 0.333. The summed E-state index contributed by atoms with van der Waals surface area (Å²) in [6.45, 7) is 7.79. The zero-order valence-corrected chi connectivity index (χ0v) is 12.5. The lowest BCUT2D eigenvalue weighted by Gasteiger charge is -2.19. The Kier molecular flexibility index (Phi) is 4.46. The van der Waals surface area contributed by atoms with E-state index in [1.165, 1.54) is 5.56 Å². The zero-order chi connectivity index (χ0) is 14.6. The third-order valence-electron chi connectivity index (χ3n) is 3.38. The molecule has 2 rings (SSSR count). The van der Waals surface area contributed by atoms with Crippen LogP contribution in [0.2, 0.25) is 0 Å². The third kappa shape index (κ3) is 3.84. The Balaban J connectivity index is 1.96. The van der Waals surface area contributed by atoms with Gasteiger partial charge in [0.15, 0.2) is 0 Å². The minimum absolute atomic E-state index is 0.177. The van der Waals surface area contributed by atoms with E-state index in [0.717, 1.165) is 16.9 Å². The van der Waals surface area contributed by atoms with Crippen molar-refractivity contribution in [3.63, 3.8) is 0 Å². The van der Waals surface area contributed by atoms with E-state index < -0.39 is 0 Å². The number of ether oxygens (including phenoxy) is 1. The van der Waals surface area contributed by atoms with Crippen LogP contribution in [0.4, 0.5) is 0 Å². The van der Waals surface area contributed by atoms with Crippen molar-refractivity contribution in [2.45, 2.75) is 39.3 Å². The van der Waals surface area contributed by atoms with Gasteiger partial charge in [-0.25, -0.2) is 0 Å². The second kappa shape index (κ2) is 6.10. The van der Waals surface area contributed by atoms with E-state index >= 15 is 0 Å². The first kappa shape index (κ1) is 14.6. The van der Waals surface area contributed by atoms with Crippen LogP contribution in [0.25, 0.3) is 0 Å². The molecule has 0 radical (unpaired) electrons. The van der Waals surface area contributed by atoms with Gasteiger partial charge in [0.2, 0.25) is 0 Å². The SMILES string of the molecule is CC(C)(C)c1ccc(OCc2ccc(CN)cc2)cc1. The van der Waals surface area contributed by atoms with Crippen LogP contribution >= 0.6 is 0 Å². The van der Waals surface area contributed by atoms with Gasteiger partial charge in [-0.1, -0.05) is 57.2 Å². The summed E-state index contributed by atoms with van der Waals surface area (Å²) in [6.07, 6.45) is 0. The molecule has 2 nitrogen and oxygen atoms in total. The third-order valence-corrected chi connectivity index (χ3v) is 3.38. The molecule has 2 aromatic carbocycles. The van der Waals surface area contributed by atoms with Crippen LogP contribution in [-0.4, -0.2) is 0 Å². The maximum Gasteiger partial charge on any atom is 0.119 e. The van der Waals surface area contributed by atoms with Crippen molar-refractivity contribution in [1.82, 2.24) is 0 Å². The van der Waals surface area contributed by atoms with Gasteiger partial charge in [0.05, 0.1) is 0 Å². The zero-order valence-electron chi connectivity index (χ0n) is 12.5. The van der Waals surface area contributed by atoms with E-state index in [4.69, 9.17) is 10.5 Å². The van der Waals surface area contributed by atoms with Crippen LogP contribution in [0.3, 0.4) is 0 Å². The Morgan fingerprint density at radius 1 is 0.850 bits per heavy atom. The normalized spacial score (nSPS) is 11.4. The van der Waals surface area contributed by atoms with Gasteiger partial charge < -0.3 is 10.5 Å². The van der Waals surface area contributed by atoms with Gasteiger partial charge in [0.1, 0.15) is 12.4 Å². The van der Waals surface area contributed by atoms with Gasteiger partial charge in [0.25, 0.3) is 0 Å². The van der Waals surface area contributed by atoms with Gasteiger partial charge in [-0.3, -0.25) is 0 Å². The van der Waals surface area contributed by atoms with Gasteiger partial charge in [-0.15, -0.1) is 0 Å². The highest BCUT2D eigenvalue weighted by atomic mass is 16.5. The first-order valence-electron chi connectivity index (χ1n) is 7.00. The molecule has 0 bridgehead atoms. The molecule has 0 aliphatic heterocycles. The van der Waals surface area contributed by atoms with Crippen LogP contribution < -0.4 is 10.5 Å². The molecule has 0 fully saturated rings. The molecule has 0 saturated heterocycles. The molecule has 0 aromatic heterocycles. The van der Waals surface area contributed by atoms with Crippen LogP contribution in [-0.2, 0) is 18.6 Å². The molecular formula is C18H23NO. The number of rotatable bonds is 4. The van der Waals surface area contributed by atoms with Gasteiger partial charge in [0, 0.05) is 6.54 Å². The fourth-order valence-electron chi connectivity index (χ4n) is 1.99. The molecule has 0 atom stereocenters. The molecule has 0 aliphatic carbocycles. The predicted molar refractivity (Wildman–Crippen MR) is 83.8 cm³/mol. The average molecular weight is 269 g/mol. The Labute approximate surface area is 121 Å². The fourth-order valence-corrected chi connectivity index (χ4v) is 1.99. The number of nitrogens with two attached hydrogens (primary N) is 1. The molecule has 2 aromatic rings. The van der Waals surface area contributed by atoms with Crippen LogP contribution in [0.15, 0.2) is 48.5 Å². The monoisotopic (exact) mass is 269 g/mol. The summed E-state index contributed by atoms with van der Waals surface area (Å²) in [6, 6.07) is 16.5.